The first-order valence-electron chi connectivity index (χ1n) is 5.49. The molecule has 0 aliphatic carbocycles. The molecule has 7 heteroatoms. The molecule has 1 heterocycles. The molecular formula is C13H9F2NO3S. The fraction of sp³-hybridized carbons (Fsp3) is 0.0769. The van der Waals surface area contributed by atoms with Gasteiger partial charge in [-0.3, -0.25) is 9.19 Å². The molecule has 0 aliphatic heterocycles. The summed E-state index contributed by atoms with van der Waals surface area (Å²) >= 11 is 0. The van der Waals surface area contributed by atoms with E-state index in [1.165, 1.54) is 18.2 Å². The van der Waals surface area contributed by atoms with Crippen LogP contribution in [-0.2, 0) is 16.6 Å². The molecular weight excluding hydrogens is 288 g/mol. The number of carboxylic acid groups (broad SMARTS) is 1. The molecule has 2 rings (SSSR count). The lowest BCUT2D eigenvalue weighted by Gasteiger charge is -2.03. The van der Waals surface area contributed by atoms with Crippen molar-refractivity contribution in [3.8, 4) is 0 Å². The van der Waals surface area contributed by atoms with Crippen molar-refractivity contribution >= 4 is 16.8 Å². The lowest BCUT2D eigenvalue weighted by molar-refractivity contribution is 0.0696. The van der Waals surface area contributed by atoms with E-state index < -0.39 is 28.4 Å². The molecule has 1 unspecified atom stereocenters. The third kappa shape index (κ3) is 3.24. The minimum absolute atomic E-state index is 0.00896. The molecule has 0 spiro atoms. The molecule has 104 valence electrons. The Morgan fingerprint density at radius 2 is 1.95 bits per heavy atom. The van der Waals surface area contributed by atoms with Crippen LogP contribution in [0.5, 0.6) is 0 Å². The van der Waals surface area contributed by atoms with E-state index in [0.717, 1.165) is 18.3 Å². The van der Waals surface area contributed by atoms with Gasteiger partial charge >= 0.3 is 5.97 Å². The van der Waals surface area contributed by atoms with Crippen LogP contribution >= 0.6 is 0 Å². The fourth-order valence-corrected chi connectivity index (χ4v) is 2.53. The number of aromatic carboxylic acids is 1. The second-order valence-corrected chi connectivity index (χ2v) is 5.36. The maximum atomic E-state index is 13.0. The Balaban J connectivity index is 2.14. The van der Waals surface area contributed by atoms with Gasteiger partial charge in [0.2, 0.25) is 0 Å². The second kappa shape index (κ2) is 5.87. The second-order valence-electron chi connectivity index (χ2n) is 3.91. The highest BCUT2D eigenvalue weighted by molar-refractivity contribution is 7.84. The third-order valence-electron chi connectivity index (χ3n) is 2.50. The number of hydrogen-bond acceptors (Lipinski definition) is 3. The Morgan fingerprint density at radius 1 is 1.20 bits per heavy atom. The van der Waals surface area contributed by atoms with Gasteiger partial charge < -0.3 is 5.11 Å². The van der Waals surface area contributed by atoms with Crippen LogP contribution in [0.3, 0.4) is 0 Å². The van der Waals surface area contributed by atoms with Gasteiger partial charge in [0.25, 0.3) is 0 Å². The van der Waals surface area contributed by atoms with Gasteiger partial charge in [-0.15, -0.1) is 0 Å². The van der Waals surface area contributed by atoms with Crippen molar-refractivity contribution in [1.29, 1.82) is 0 Å². The number of carbonyl (C=O) groups is 1. The highest BCUT2D eigenvalue weighted by Gasteiger charge is 2.10. The lowest BCUT2D eigenvalue weighted by atomic mass is 10.2. The zero-order valence-electron chi connectivity index (χ0n) is 10.0. The largest absolute Gasteiger partial charge is 0.478 e. The van der Waals surface area contributed by atoms with Gasteiger partial charge in [-0.2, -0.15) is 0 Å². The van der Waals surface area contributed by atoms with E-state index in [2.05, 4.69) is 4.98 Å². The predicted octanol–water partition coefficient (Wildman–Crippen LogP) is 2.37. The Bertz CT molecular complexity index is 674. The fourth-order valence-electron chi connectivity index (χ4n) is 1.47. The number of carboxylic acids is 1. The zero-order chi connectivity index (χ0) is 14.7. The van der Waals surface area contributed by atoms with Crippen LogP contribution in [0.2, 0.25) is 0 Å². The van der Waals surface area contributed by atoms with Crippen molar-refractivity contribution in [2.75, 3.05) is 0 Å². The van der Waals surface area contributed by atoms with Crippen LogP contribution < -0.4 is 0 Å². The molecule has 0 amide bonds. The van der Waals surface area contributed by atoms with Crippen LogP contribution in [0, 0.1) is 11.6 Å². The van der Waals surface area contributed by atoms with Crippen molar-refractivity contribution in [3.05, 3.63) is 59.4 Å². The van der Waals surface area contributed by atoms with Gasteiger partial charge in [0.15, 0.2) is 11.6 Å². The Morgan fingerprint density at radius 3 is 2.50 bits per heavy atom. The third-order valence-corrected chi connectivity index (χ3v) is 3.84. The van der Waals surface area contributed by atoms with Crippen LogP contribution in [-0.4, -0.2) is 20.3 Å². The standard InChI is InChI=1S/C13H9F2NO3S/c14-11-4-3-10(5-12(11)15)20(19)7-9-2-1-8(6-16-9)13(17)18/h1-6H,7H2,(H,17,18). The molecule has 1 atom stereocenters. The summed E-state index contributed by atoms with van der Waals surface area (Å²) in [7, 11) is -1.59. The van der Waals surface area contributed by atoms with Crippen molar-refractivity contribution in [2.45, 2.75) is 10.6 Å². The van der Waals surface area contributed by atoms with Crippen LogP contribution in [0.25, 0.3) is 0 Å². The quantitative estimate of drug-likeness (QED) is 0.940. The molecule has 0 saturated heterocycles. The van der Waals surface area contributed by atoms with E-state index in [4.69, 9.17) is 5.11 Å². The molecule has 0 aliphatic rings. The summed E-state index contributed by atoms with van der Waals surface area (Å²) in [5, 5.41) is 8.71. The maximum Gasteiger partial charge on any atom is 0.337 e. The molecule has 2 aromatic rings. The Hall–Kier alpha value is -2.15. The summed E-state index contributed by atoms with van der Waals surface area (Å²) in [5.41, 5.74) is 0.422. The first kappa shape index (κ1) is 14.3. The zero-order valence-corrected chi connectivity index (χ0v) is 10.9. The van der Waals surface area contributed by atoms with Crippen molar-refractivity contribution in [3.63, 3.8) is 0 Å². The monoisotopic (exact) mass is 297 g/mol. The highest BCUT2D eigenvalue weighted by Crippen LogP contribution is 2.15. The molecule has 1 N–H and O–H groups in total. The van der Waals surface area contributed by atoms with Gasteiger partial charge in [0.05, 0.1) is 27.8 Å². The van der Waals surface area contributed by atoms with Gasteiger partial charge in [-0.25, -0.2) is 13.6 Å². The van der Waals surface area contributed by atoms with Crippen molar-refractivity contribution in [1.82, 2.24) is 4.98 Å². The van der Waals surface area contributed by atoms with Crippen LogP contribution in [0.15, 0.2) is 41.4 Å². The molecule has 0 saturated carbocycles. The number of halogens is 2. The van der Waals surface area contributed by atoms with Crippen molar-refractivity contribution in [2.24, 2.45) is 0 Å². The summed E-state index contributed by atoms with van der Waals surface area (Å²) in [6, 6.07) is 5.79. The van der Waals surface area contributed by atoms with Crippen LogP contribution in [0.4, 0.5) is 8.78 Å². The number of pyridine rings is 1. The maximum absolute atomic E-state index is 13.0. The van der Waals surface area contributed by atoms with Crippen LogP contribution in [0.1, 0.15) is 16.1 Å². The number of hydrogen-bond donors (Lipinski definition) is 1. The molecule has 0 fully saturated rings. The van der Waals surface area contributed by atoms with Gasteiger partial charge in [-0.05, 0) is 30.3 Å². The number of nitrogens with zero attached hydrogens (tertiary/aromatic N) is 1. The van der Waals surface area contributed by atoms with E-state index in [0.29, 0.717) is 5.69 Å². The topological polar surface area (TPSA) is 67.3 Å². The first-order valence-corrected chi connectivity index (χ1v) is 6.81. The number of benzene rings is 1. The van der Waals surface area contributed by atoms with E-state index in [1.54, 1.807) is 0 Å². The average molecular weight is 297 g/mol. The predicted molar refractivity (Wildman–Crippen MR) is 67.7 cm³/mol. The molecule has 4 nitrogen and oxygen atoms in total. The summed E-state index contributed by atoms with van der Waals surface area (Å²) in [4.78, 5) is 14.7. The molecule has 0 radical (unpaired) electrons. The smallest absolute Gasteiger partial charge is 0.337 e. The number of rotatable bonds is 4. The Kier molecular flexibility index (Phi) is 4.19. The summed E-state index contributed by atoms with van der Waals surface area (Å²) in [5.74, 6) is -3.18. The minimum atomic E-state index is -1.59. The van der Waals surface area contributed by atoms with Gasteiger partial charge in [0, 0.05) is 11.1 Å². The lowest BCUT2D eigenvalue weighted by Crippen LogP contribution is -2.02. The first-order chi connectivity index (χ1) is 9.47. The average Bonchev–Trinajstić information content (AvgIpc) is 2.42. The minimum Gasteiger partial charge on any atom is -0.478 e. The van der Waals surface area contributed by atoms with Gasteiger partial charge in [0.1, 0.15) is 0 Å². The van der Waals surface area contributed by atoms with Crippen molar-refractivity contribution < 1.29 is 22.9 Å². The molecule has 20 heavy (non-hydrogen) atoms. The molecule has 1 aromatic heterocycles. The van der Waals surface area contributed by atoms with Gasteiger partial charge in [-0.1, -0.05) is 0 Å². The normalized spacial score (nSPS) is 12.1. The number of aromatic nitrogens is 1. The van der Waals surface area contributed by atoms with E-state index in [-0.39, 0.29) is 16.2 Å². The molecule has 1 aromatic carbocycles. The summed E-state index contributed by atoms with van der Waals surface area (Å²) in [6.07, 6.45) is 1.15. The Labute approximate surface area is 115 Å². The van der Waals surface area contributed by atoms with E-state index in [9.17, 15) is 17.8 Å². The van der Waals surface area contributed by atoms with E-state index in [1.807, 2.05) is 0 Å². The summed E-state index contributed by atoms with van der Waals surface area (Å²) < 4.78 is 37.8. The molecule has 0 bridgehead atoms. The highest BCUT2D eigenvalue weighted by atomic mass is 32.2. The van der Waals surface area contributed by atoms with E-state index >= 15 is 0 Å². The summed E-state index contributed by atoms with van der Waals surface area (Å²) in [6.45, 7) is 0. The SMILES string of the molecule is O=C(O)c1ccc(CS(=O)c2ccc(F)c(F)c2)nc1.